The monoisotopic (exact) mass is 326 g/mol. The molecule has 0 spiro atoms. The molecule has 4 rings (SSSR count). The van der Waals surface area contributed by atoms with Crippen molar-refractivity contribution in [3.05, 3.63) is 0 Å². The number of hydrogen-bond donors (Lipinski definition) is 1. The van der Waals surface area contributed by atoms with Crippen molar-refractivity contribution in [1.82, 2.24) is 9.80 Å². The van der Waals surface area contributed by atoms with Crippen molar-refractivity contribution in [3.63, 3.8) is 0 Å². The molecule has 4 aliphatic rings. The molecule has 1 atom stereocenters. The SMILES string of the molecule is CC1CN(C(=O)OC(C)(C)C)CCN1CC12CC(CO)(CO1)C2. The van der Waals surface area contributed by atoms with Gasteiger partial charge in [0.25, 0.3) is 0 Å². The van der Waals surface area contributed by atoms with Gasteiger partial charge in [-0.2, -0.15) is 0 Å². The first-order chi connectivity index (χ1) is 10.7. The van der Waals surface area contributed by atoms with E-state index in [-0.39, 0.29) is 23.7 Å². The smallest absolute Gasteiger partial charge is 0.410 e. The molecular formula is C17H30N2O4. The summed E-state index contributed by atoms with van der Waals surface area (Å²) in [5.41, 5.74) is -0.486. The number of piperazine rings is 1. The van der Waals surface area contributed by atoms with Crippen molar-refractivity contribution >= 4 is 6.09 Å². The number of aliphatic hydroxyl groups is 1. The van der Waals surface area contributed by atoms with Gasteiger partial charge >= 0.3 is 6.09 Å². The molecule has 0 aromatic heterocycles. The van der Waals surface area contributed by atoms with Gasteiger partial charge in [-0.3, -0.25) is 4.90 Å². The molecule has 132 valence electrons. The zero-order valence-electron chi connectivity index (χ0n) is 14.8. The lowest BCUT2D eigenvalue weighted by molar-refractivity contribution is -0.0699. The van der Waals surface area contributed by atoms with Gasteiger partial charge in [0.2, 0.25) is 0 Å². The van der Waals surface area contributed by atoms with Gasteiger partial charge in [-0.1, -0.05) is 0 Å². The topological polar surface area (TPSA) is 62.2 Å². The molecule has 1 aliphatic carbocycles. The summed E-state index contributed by atoms with van der Waals surface area (Å²) in [5, 5.41) is 9.47. The first-order valence-corrected chi connectivity index (χ1v) is 8.63. The number of hydrogen-bond acceptors (Lipinski definition) is 5. The largest absolute Gasteiger partial charge is 0.444 e. The summed E-state index contributed by atoms with van der Waals surface area (Å²) in [7, 11) is 0. The summed E-state index contributed by atoms with van der Waals surface area (Å²) in [6.07, 6.45) is 1.72. The maximum absolute atomic E-state index is 12.2. The minimum absolute atomic E-state index is 0.0293. The highest BCUT2D eigenvalue weighted by Gasteiger charge is 2.62. The van der Waals surface area contributed by atoms with Gasteiger partial charge in [-0.05, 0) is 40.5 Å². The van der Waals surface area contributed by atoms with Gasteiger partial charge in [0.15, 0.2) is 0 Å². The number of aliphatic hydroxyl groups excluding tert-OH is 1. The number of rotatable bonds is 3. The number of nitrogens with zero attached hydrogens (tertiary/aromatic N) is 2. The Bertz CT molecular complexity index is 468. The molecule has 1 saturated carbocycles. The molecule has 0 radical (unpaired) electrons. The molecule has 3 heterocycles. The van der Waals surface area contributed by atoms with E-state index in [2.05, 4.69) is 11.8 Å². The highest BCUT2D eigenvalue weighted by Crippen LogP contribution is 2.57. The van der Waals surface area contributed by atoms with Crippen LogP contribution in [-0.2, 0) is 9.47 Å². The molecule has 2 bridgehead atoms. The third-order valence-electron chi connectivity index (χ3n) is 5.32. The van der Waals surface area contributed by atoms with Crippen molar-refractivity contribution in [1.29, 1.82) is 0 Å². The van der Waals surface area contributed by atoms with Crippen LogP contribution < -0.4 is 0 Å². The second-order valence-electron chi connectivity index (χ2n) is 8.73. The van der Waals surface area contributed by atoms with Crippen molar-refractivity contribution in [2.24, 2.45) is 5.41 Å². The normalized spacial score (nSPS) is 37.6. The van der Waals surface area contributed by atoms with E-state index in [1.165, 1.54) is 0 Å². The Morgan fingerprint density at radius 3 is 2.57 bits per heavy atom. The van der Waals surface area contributed by atoms with Crippen LogP contribution in [0.3, 0.4) is 0 Å². The predicted octanol–water partition coefficient (Wildman–Crippen LogP) is 1.47. The molecule has 1 N–H and O–H groups in total. The number of carbonyl (C=O) groups excluding carboxylic acids is 1. The van der Waals surface area contributed by atoms with E-state index in [9.17, 15) is 9.90 Å². The molecule has 23 heavy (non-hydrogen) atoms. The lowest BCUT2D eigenvalue weighted by Crippen LogP contribution is -2.60. The van der Waals surface area contributed by atoms with E-state index in [1.807, 2.05) is 20.8 Å². The predicted molar refractivity (Wildman–Crippen MR) is 86.3 cm³/mol. The minimum atomic E-state index is -0.451. The van der Waals surface area contributed by atoms with Gasteiger partial charge in [0.05, 0.1) is 18.8 Å². The van der Waals surface area contributed by atoms with Crippen LogP contribution >= 0.6 is 0 Å². The summed E-state index contributed by atoms with van der Waals surface area (Å²) < 4.78 is 11.5. The Morgan fingerprint density at radius 2 is 2.04 bits per heavy atom. The first kappa shape index (κ1) is 17.0. The molecule has 1 unspecified atom stereocenters. The third-order valence-corrected chi connectivity index (χ3v) is 5.32. The Kier molecular flexibility index (Phi) is 4.14. The van der Waals surface area contributed by atoms with Crippen LogP contribution in [0.4, 0.5) is 4.79 Å². The van der Waals surface area contributed by atoms with E-state index in [0.29, 0.717) is 25.7 Å². The molecule has 0 aromatic carbocycles. The molecule has 3 aliphatic heterocycles. The van der Waals surface area contributed by atoms with Gasteiger partial charge in [0.1, 0.15) is 5.60 Å². The summed E-state index contributed by atoms with van der Waals surface area (Å²) in [5.74, 6) is 0. The Hall–Kier alpha value is -0.850. The highest BCUT2D eigenvalue weighted by molar-refractivity contribution is 5.68. The zero-order valence-corrected chi connectivity index (χ0v) is 14.8. The Labute approximate surface area is 138 Å². The van der Waals surface area contributed by atoms with Crippen LogP contribution in [0.2, 0.25) is 0 Å². The van der Waals surface area contributed by atoms with Gasteiger partial charge < -0.3 is 19.5 Å². The number of ether oxygens (including phenoxy) is 2. The van der Waals surface area contributed by atoms with E-state index >= 15 is 0 Å². The molecular weight excluding hydrogens is 296 g/mol. The summed E-state index contributed by atoms with van der Waals surface area (Å²) >= 11 is 0. The number of fused-ring (bicyclic) bond motifs is 1. The van der Waals surface area contributed by atoms with Crippen molar-refractivity contribution < 1.29 is 19.4 Å². The fraction of sp³-hybridized carbons (Fsp3) is 0.941. The van der Waals surface area contributed by atoms with Crippen LogP contribution in [0.25, 0.3) is 0 Å². The third kappa shape index (κ3) is 3.35. The van der Waals surface area contributed by atoms with Crippen molar-refractivity contribution in [2.75, 3.05) is 39.4 Å². The summed E-state index contributed by atoms with van der Waals surface area (Å²) in [6.45, 7) is 11.9. The fourth-order valence-corrected chi connectivity index (χ4v) is 4.23. The fourth-order valence-electron chi connectivity index (χ4n) is 4.23. The van der Waals surface area contributed by atoms with Gasteiger partial charge in [-0.15, -0.1) is 0 Å². The average Bonchev–Trinajstić information content (AvgIpc) is 2.94. The second kappa shape index (κ2) is 5.60. The van der Waals surface area contributed by atoms with E-state index < -0.39 is 5.60 Å². The average molecular weight is 326 g/mol. The lowest BCUT2D eigenvalue weighted by Gasteiger charge is -2.49. The van der Waals surface area contributed by atoms with Crippen LogP contribution in [-0.4, -0.2) is 77.6 Å². The van der Waals surface area contributed by atoms with E-state index in [1.54, 1.807) is 4.90 Å². The lowest BCUT2D eigenvalue weighted by atomic mass is 9.62. The number of amides is 1. The van der Waals surface area contributed by atoms with Crippen LogP contribution in [0, 0.1) is 5.41 Å². The van der Waals surface area contributed by atoms with Crippen LogP contribution in [0.15, 0.2) is 0 Å². The Balaban J connectivity index is 1.51. The van der Waals surface area contributed by atoms with Crippen LogP contribution in [0.5, 0.6) is 0 Å². The minimum Gasteiger partial charge on any atom is -0.444 e. The van der Waals surface area contributed by atoms with E-state index in [4.69, 9.17) is 9.47 Å². The standard InChI is InChI=1S/C17H30N2O4/c1-13-7-18(14(21)23-15(2,3)4)5-6-19(13)10-17-8-16(9-17,11-20)12-22-17/h13,20H,5-12H2,1-4H3. The summed E-state index contributed by atoms with van der Waals surface area (Å²) in [4.78, 5) is 16.4. The van der Waals surface area contributed by atoms with Crippen molar-refractivity contribution in [3.8, 4) is 0 Å². The van der Waals surface area contributed by atoms with Gasteiger partial charge in [-0.25, -0.2) is 4.79 Å². The number of carbonyl (C=O) groups is 1. The zero-order chi connectivity index (χ0) is 16.9. The molecule has 4 fully saturated rings. The highest BCUT2D eigenvalue weighted by atomic mass is 16.6. The summed E-state index contributed by atoms with van der Waals surface area (Å²) in [6, 6.07) is 0.291. The maximum Gasteiger partial charge on any atom is 0.410 e. The van der Waals surface area contributed by atoms with Crippen LogP contribution in [0.1, 0.15) is 40.5 Å². The second-order valence-corrected chi connectivity index (χ2v) is 8.73. The quantitative estimate of drug-likeness (QED) is 0.851. The molecule has 3 saturated heterocycles. The Morgan fingerprint density at radius 1 is 1.35 bits per heavy atom. The van der Waals surface area contributed by atoms with Crippen molar-refractivity contribution in [2.45, 2.75) is 57.8 Å². The van der Waals surface area contributed by atoms with E-state index in [0.717, 1.165) is 25.9 Å². The first-order valence-electron chi connectivity index (χ1n) is 8.63. The molecule has 6 nitrogen and oxygen atoms in total. The molecule has 1 amide bonds. The maximum atomic E-state index is 12.2. The molecule has 6 heteroatoms. The molecule has 0 aromatic rings. The van der Waals surface area contributed by atoms with Gasteiger partial charge in [0, 0.05) is 37.6 Å².